The van der Waals surface area contributed by atoms with Gasteiger partial charge in [0.05, 0.1) is 0 Å². The van der Waals surface area contributed by atoms with E-state index in [1.54, 1.807) is 23.5 Å². The summed E-state index contributed by atoms with van der Waals surface area (Å²) in [6.45, 7) is 2.03. The zero-order valence-corrected chi connectivity index (χ0v) is 9.85. The highest BCUT2D eigenvalue weighted by Gasteiger charge is 2.11. The molecule has 0 amide bonds. The van der Waals surface area contributed by atoms with Gasteiger partial charge in [-0.2, -0.15) is 0 Å². The predicted molar refractivity (Wildman–Crippen MR) is 64.6 cm³/mol. The fraction of sp³-hybridized carbons (Fsp3) is 0.167. The molecule has 0 spiro atoms. The molecular formula is C12H11ClOS. The standard InChI is InChI=1S/C12H11ClOS/c1-8-2-7-11(15-8)12(14)9-3-5-10(13)6-4-9/h2-7,12,14H,1H3. The van der Waals surface area contributed by atoms with E-state index in [1.807, 2.05) is 31.2 Å². The second kappa shape index (κ2) is 4.35. The summed E-state index contributed by atoms with van der Waals surface area (Å²) in [6, 6.07) is 11.3. The van der Waals surface area contributed by atoms with Crippen LogP contribution in [-0.2, 0) is 0 Å². The van der Waals surface area contributed by atoms with Gasteiger partial charge in [0.25, 0.3) is 0 Å². The van der Waals surface area contributed by atoms with E-state index in [-0.39, 0.29) is 0 Å². The summed E-state index contributed by atoms with van der Waals surface area (Å²) in [5.41, 5.74) is 0.876. The first kappa shape index (κ1) is 10.7. The molecule has 1 aromatic heterocycles. The van der Waals surface area contributed by atoms with Gasteiger partial charge in [0.15, 0.2) is 0 Å². The minimum atomic E-state index is -0.541. The first-order valence-electron chi connectivity index (χ1n) is 4.66. The minimum absolute atomic E-state index is 0.541. The lowest BCUT2D eigenvalue weighted by atomic mass is 10.1. The number of thiophene rings is 1. The van der Waals surface area contributed by atoms with E-state index in [0.29, 0.717) is 5.02 Å². The topological polar surface area (TPSA) is 20.2 Å². The van der Waals surface area contributed by atoms with E-state index in [0.717, 1.165) is 10.4 Å². The van der Waals surface area contributed by atoms with Gasteiger partial charge >= 0.3 is 0 Å². The van der Waals surface area contributed by atoms with Gasteiger partial charge < -0.3 is 5.11 Å². The Morgan fingerprint density at radius 1 is 1.13 bits per heavy atom. The van der Waals surface area contributed by atoms with Crippen molar-refractivity contribution >= 4 is 22.9 Å². The van der Waals surface area contributed by atoms with Crippen LogP contribution in [0.5, 0.6) is 0 Å². The summed E-state index contributed by atoms with van der Waals surface area (Å²) in [5, 5.41) is 10.8. The van der Waals surface area contributed by atoms with E-state index in [4.69, 9.17) is 11.6 Å². The van der Waals surface area contributed by atoms with Crippen molar-refractivity contribution in [2.24, 2.45) is 0 Å². The van der Waals surface area contributed by atoms with Gasteiger partial charge in [-0.3, -0.25) is 0 Å². The fourth-order valence-electron chi connectivity index (χ4n) is 1.41. The molecule has 0 fully saturated rings. The molecule has 1 N–H and O–H groups in total. The first-order valence-corrected chi connectivity index (χ1v) is 5.86. The SMILES string of the molecule is Cc1ccc(C(O)c2ccc(Cl)cc2)s1. The Kier molecular flexibility index (Phi) is 3.10. The zero-order chi connectivity index (χ0) is 10.8. The highest BCUT2D eigenvalue weighted by Crippen LogP contribution is 2.28. The average molecular weight is 239 g/mol. The third-order valence-electron chi connectivity index (χ3n) is 2.22. The average Bonchev–Trinajstić information content (AvgIpc) is 2.65. The van der Waals surface area contributed by atoms with Crippen molar-refractivity contribution in [3.8, 4) is 0 Å². The van der Waals surface area contributed by atoms with Crippen molar-refractivity contribution in [1.29, 1.82) is 0 Å². The van der Waals surface area contributed by atoms with Crippen LogP contribution >= 0.6 is 22.9 Å². The molecule has 3 heteroatoms. The monoisotopic (exact) mass is 238 g/mol. The molecule has 0 radical (unpaired) electrons. The number of aliphatic hydroxyl groups is 1. The lowest BCUT2D eigenvalue weighted by Crippen LogP contribution is -1.95. The second-order valence-electron chi connectivity index (χ2n) is 3.40. The first-order chi connectivity index (χ1) is 7.16. The molecule has 0 aliphatic rings. The van der Waals surface area contributed by atoms with Crippen LogP contribution in [0.3, 0.4) is 0 Å². The number of rotatable bonds is 2. The molecule has 1 nitrogen and oxygen atoms in total. The fourth-order valence-corrected chi connectivity index (χ4v) is 2.43. The molecule has 1 aromatic carbocycles. The maximum absolute atomic E-state index is 10.1. The third-order valence-corrected chi connectivity index (χ3v) is 3.52. The van der Waals surface area contributed by atoms with Crippen LogP contribution in [0.4, 0.5) is 0 Å². The largest absolute Gasteiger partial charge is 0.383 e. The molecule has 2 rings (SSSR count). The predicted octanol–water partition coefficient (Wildman–Crippen LogP) is 3.79. The van der Waals surface area contributed by atoms with E-state index in [9.17, 15) is 5.11 Å². The van der Waals surface area contributed by atoms with Crippen molar-refractivity contribution in [3.63, 3.8) is 0 Å². The van der Waals surface area contributed by atoms with Gasteiger partial charge in [-0.05, 0) is 36.8 Å². The summed E-state index contributed by atoms with van der Waals surface area (Å²) in [5.74, 6) is 0. The Balaban J connectivity index is 2.28. The van der Waals surface area contributed by atoms with Crippen molar-refractivity contribution in [1.82, 2.24) is 0 Å². The van der Waals surface area contributed by atoms with E-state index in [1.165, 1.54) is 4.88 Å². The van der Waals surface area contributed by atoms with Crippen LogP contribution in [0.25, 0.3) is 0 Å². The van der Waals surface area contributed by atoms with Gasteiger partial charge in [0.2, 0.25) is 0 Å². The zero-order valence-electron chi connectivity index (χ0n) is 8.27. The maximum Gasteiger partial charge on any atom is 0.113 e. The van der Waals surface area contributed by atoms with Gasteiger partial charge in [0, 0.05) is 14.8 Å². The van der Waals surface area contributed by atoms with Crippen LogP contribution in [-0.4, -0.2) is 5.11 Å². The molecule has 0 saturated carbocycles. The molecule has 78 valence electrons. The third kappa shape index (κ3) is 2.40. The van der Waals surface area contributed by atoms with Crippen molar-refractivity contribution in [2.45, 2.75) is 13.0 Å². The minimum Gasteiger partial charge on any atom is -0.383 e. The van der Waals surface area contributed by atoms with Crippen LogP contribution in [0.1, 0.15) is 21.4 Å². The van der Waals surface area contributed by atoms with E-state index < -0.39 is 6.10 Å². The highest BCUT2D eigenvalue weighted by molar-refractivity contribution is 7.12. The number of benzene rings is 1. The molecule has 0 saturated heterocycles. The number of hydrogen-bond donors (Lipinski definition) is 1. The molecule has 1 heterocycles. The molecular weight excluding hydrogens is 228 g/mol. The number of aliphatic hydroxyl groups excluding tert-OH is 1. The Morgan fingerprint density at radius 3 is 2.33 bits per heavy atom. The van der Waals surface area contributed by atoms with Gasteiger partial charge in [-0.25, -0.2) is 0 Å². The van der Waals surface area contributed by atoms with Gasteiger partial charge in [-0.15, -0.1) is 11.3 Å². The van der Waals surface area contributed by atoms with Crippen LogP contribution in [0, 0.1) is 6.92 Å². The molecule has 1 unspecified atom stereocenters. The Labute approximate surface area is 98.0 Å². The Morgan fingerprint density at radius 2 is 1.80 bits per heavy atom. The lowest BCUT2D eigenvalue weighted by Gasteiger charge is -2.08. The second-order valence-corrected chi connectivity index (χ2v) is 5.16. The number of hydrogen-bond acceptors (Lipinski definition) is 2. The summed E-state index contributed by atoms with van der Waals surface area (Å²) in [4.78, 5) is 2.17. The smallest absolute Gasteiger partial charge is 0.113 e. The van der Waals surface area contributed by atoms with E-state index in [2.05, 4.69) is 0 Å². The summed E-state index contributed by atoms with van der Waals surface area (Å²) in [7, 11) is 0. The van der Waals surface area contributed by atoms with Crippen LogP contribution < -0.4 is 0 Å². The van der Waals surface area contributed by atoms with Crippen LogP contribution in [0.2, 0.25) is 5.02 Å². The molecule has 15 heavy (non-hydrogen) atoms. The van der Waals surface area contributed by atoms with E-state index >= 15 is 0 Å². The quantitative estimate of drug-likeness (QED) is 0.844. The number of aryl methyl sites for hydroxylation is 1. The molecule has 0 aliphatic carbocycles. The van der Waals surface area contributed by atoms with Crippen molar-refractivity contribution in [3.05, 3.63) is 56.7 Å². The summed E-state index contributed by atoms with van der Waals surface area (Å²) in [6.07, 6.45) is -0.541. The Bertz CT molecular complexity index is 447. The molecule has 1 atom stereocenters. The molecule has 2 aromatic rings. The maximum atomic E-state index is 10.1. The molecule has 0 bridgehead atoms. The normalized spacial score (nSPS) is 12.7. The van der Waals surface area contributed by atoms with Gasteiger partial charge in [-0.1, -0.05) is 23.7 Å². The Hall–Kier alpha value is -0.830. The van der Waals surface area contributed by atoms with Crippen LogP contribution in [0.15, 0.2) is 36.4 Å². The summed E-state index contributed by atoms with van der Waals surface area (Å²) < 4.78 is 0. The van der Waals surface area contributed by atoms with Crippen molar-refractivity contribution in [2.75, 3.05) is 0 Å². The summed E-state index contributed by atoms with van der Waals surface area (Å²) >= 11 is 7.40. The lowest BCUT2D eigenvalue weighted by molar-refractivity contribution is 0.224. The van der Waals surface area contributed by atoms with Crippen molar-refractivity contribution < 1.29 is 5.11 Å². The number of halogens is 1. The van der Waals surface area contributed by atoms with Gasteiger partial charge in [0.1, 0.15) is 6.10 Å². The highest BCUT2D eigenvalue weighted by atomic mass is 35.5. The molecule has 0 aliphatic heterocycles.